The Kier molecular flexibility index (Phi) is 4.53. The summed E-state index contributed by atoms with van der Waals surface area (Å²) in [6.07, 6.45) is 4.79. The summed E-state index contributed by atoms with van der Waals surface area (Å²) in [6.45, 7) is 6.02. The Hall–Kier alpha value is -2.96. The molecule has 1 spiro atoms. The highest BCUT2D eigenvalue weighted by Crippen LogP contribution is 2.36. The van der Waals surface area contributed by atoms with Crippen LogP contribution in [0.3, 0.4) is 0 Å². The molecule has 0 radical (unpaired) electrons. The van der Waals surface area contributed by atoms with Crippen molar-refractivity contribution in [3.63, 3.8) is 0 Å². The molecule has 7 nitrogen and oxygen atoms in total. The lowest BCUT2D eigenvalue weighted by atomic mass is 9.77. The minimum atomic E-state index is -0.779. The zero-order chi connectivity index (χ0) is 19.9. The Bertz CT molecular complexity index is 939. The third-order valence-electron chi connectivity index (χ3n) is 5.92. The van der Waals surface area contributed by atoms with Crippen LogP contribution < -0.4 is 5.32 Å². The van der Waals surface area contributed by atoms with Gasteiger partial charge in [0.2, 0.25) is 0 Å². The summed E-state index contributed by atoms with van der Waals surface area (Å²) in [6, 6.07) is 9.38. The molecule has 1 aromatic carbocycles. The highest BCUT2D eigenvalue weighted by Gasteiger charge is 2.52. The molecule has 2 heterocycles. The van der Waals surface area contributed by atoms with Crippen molar-refractivity contribution in [2.75, 3.05) is 0 Å². The summed E-state index contributed by atoms with van der Waals surface area (Å²) >= 11 is 0. The van der Waals surface area contributed by atoms with Gasteiger partial charge in [-0.15, -0.1) is 5.01 Å². The molecule has 28 heavy (non-hydrogen) atoms. The predicted octanol–water partition coefficient (Wildman–Crippen LogP) is 3.32. The van der Waals surface area contributed by atoms with E-state index in [1.165, 1.54) is 0 Å². The summed E-state index contributed by atoms with van der Waals surface area (Å²) < 4.78 is 1.84. The fourth-order valence-corrected chi connectivity index (χ4v) is 4.08. The third kappa shape index (κ3) is 3.00. The van der Waals surface area contributed by atoms with E-state index in [4.69, 9.17) is 0 Å². The quantitative estimate of drug-likeness (QED) is 0.656. The molecular weight excluding hydrogens is 354 g/mol. The van der Waals surface area contributed by atoms with Crippen molar-refractivity contribution in [2.45, 2.75) is 52.0 Å². The first-order valence-electron chi connectivity index (χ1n) is 9.73. The molecule has 1 aliphatic carbocycles. The summed E-state index contributed by atoms with van der Waals surface area (Å²) in [7, 11) is 0. The predicted molar refractivity (Wildman–Crippen MR) is 106 cm³/mol. The van der Waals surface area contributed by atoms with E-state index in [2.05, 4.69) is 22.4 Å². The Morgan fingerprint density at radius 2 is 1.86 bits per heavy atom. The second kappa shape index (κ2) is 6.89. The first kappa shape index (κ1) is 18.4. The van der Waals surface area contributed by atoms with E-state index in [0.717, 1.165) is 40.5 Å². The molecule has 1 saturated heterocycles. The number of aryl methyl sites for hydroxylation is 1. The van der Waals surface area contributed by atoms with Crippen LogP contribution in [-0.4, -0.2) is 38.5 Å². The SMILES string of the molecule is Cc1nn(-c2ccccc2)c(C)c1C=NN1C(=O)NC2(CCC(C)CC2)C1=O. The van der Waals surface area contributed by atoms with Gasteiger partial charge in [-0.2, -0.15) is 10.2 Å². The van der Waals surface area contributed by atoms with Gasteiger partial charge in [0.15, 0.2) is 0 Å². The van der Waals surface area contributed by atoms with Crippen LogP contribution in [0.15, 0.2) is 35.4 Å². The highest BCUT2D eigenvalue weighted by molar-refractivity contribution is 6.07. The summed E-state index contributed by atoms with van der Waals surface area (Å²) in [5.41, 5.74) is 2.67. The number of amides is 3. The fourth-order valence-electron chi connectivity index (χ4n) is 4.08. The van der Waals surface area contributed by atoms with E-state index in [1.807, 2.05) is 48.9 Å². The third-order valence-corrected chi connectivity index (χ3v) is 5.92. The maximum atomic E-state index is 12.9. The molecule has 2 aromatic rings. The van der Waals surface area contributed by atoms with Crippen molar-refractivity contribution in [1.82, 2.24) is 20.1 Å². The molecule has 0 atom stereocenters. The topological polar surface area (TPSA) is 79.6 Å². The Labute approximate surface area is 164 Å². The summed E-state index contributed by atoms with van der Waals surface area (Å²) in [5.74, 6) is 0.341. The number of aromatic nitrogens is 2. The zero-order valence-electron chi connectivity index (χ0n) is 16.5. The monoisotopic (exact) mass is 379 g/mol. The normalized spacial score (nSPS) is 25.1. The molecule has 0 bridgehead atoms. The number of rotatable bonds is 3. The van der Waals surface area contributed by atoms with Crippen LogP contribution >= 0.6 is 0 Å². The molecule has 2 aliphatic rings. The van der Waals surface area contributed by atoms with Gasteiger partial charge in [0.05, 0.1) is 23.3 Å². The van der Waals surface area contributed by atoms with E-state index in [0.29, 0.717) is 18.8 Å². The van der Waals surface area contributed by atoms with Crippen LogP contribution in [0.2, 0.25) is 0 Å². The highest BCUT2D eigenvalue weighted by atomic mass is 16.2. The van der Waals surface area contributed by atoms with Gasteiger partial charge < -0.3 is 5.32 Å². The Morgan fingerprint density at radius 1 is 1.18 bits per heavy atom. The molecule has 1 N–H and O–H groups in total. The summed E-state index contributed by atoms with van der Waals surface area (Å²) in [4.78, 5) is 25.3. The standard InChI is InChI=1S/C21H25N5O2/c1-14-9-11-21(12-10-14)19(27)26(20(28)23-21)22-13-18-15(2)24-25(16(18)3)17-7-5-4-6-8-17/h4-8,13-14H,9-12H2,1-3H3,(H,23,28). The number of hydrogen-bond donors (Lipinski definition) is 1. The number of para-hydroxylation sites is 1. The first-order chi connectivity index (χ1) is 13.4. The molecular formula is C21H25N5O2. The average molecular weight is 379 g/mol. The minimum absolute atomic E-state index is 0.244. The van der Waals surface area contributed by atoms with Crippen molar-refractivity contribution in [2.24, 2.45) is 11.0 Å². The lowest BCUT2D eigenvalue weighted by Gasteiger charge is -2.33. The Balaban J connectivity index is 1.59. The van der Waals surface area contributed by atoms with Crippen molar-refractivity contribution in [3.05, 3.63) is 47.3 Å². The number of carbonyl (C=O) groups excluding carboxylic acids is 2. The minimum Gasteiger partial charge on any atom is -0.321 e. The van der Waals surface area contributed by atoms with Crippen molar-refractivity contribution in [1.29, 1.82) is 0 Å². The number of hydrazone groups is 1. The smallest absolute Gasteiger partial charge is 0.321 e. The maximum absolute atomic E-state index is 12.9. The van der Waals surface area contributed by atoms with Gasteiger partial charge >= 0.3 is 6.03 Å². The van der Waals surface area contributed by atoms with Gasteiger partial charge in [-0.1, -0.05) is 25.1 Å². The van der Waals surface area contributed by atoms with Crippen LogP contribution in [0.4, 0.5) is 4.79 Å². The molecule has 146 valence electrons. The van der Waals surface area contributed by atoms with Crippen LogP contribution in [-0.2, 0) is 4.79 Å². The van der Waals surface area contributed by atoms with Crippen LogP contribution in [0, 0.1) is 19.8 Å². The molecule has 7 heteroatoms. The van der Waals surface area contributed by atoms with Gasteiger partial charge in [0, 0.05) is 5.56 Å². The molecule has 1 aliphatic heterocycles. The van der Waals surface area contributed by atoms with E-state index >= 15 is 0 Å². The van der Waals surface area contributed by atoms with E-state index in [1.54, 1.807) is 6.21 Å². The number of benzene rings is 1. The van der Waals surface area contributed by atoms with Crippen molar-refractivity contribution >= 4 is 18.2 Å². The van der Waals surface area contributed by atoms with Crippen LogP contribution in [0.5, 0.6) is 0 Å². The second-order valence-electron chi connectivity index (χ2n) is 7.89. The van der Waals surface area contributed by atoms with Gasteiger partial charge in [-0.25, -0.2) is 9.48 Å². The number of nitrogens with one attached hydrogen (secondary N) is 1. The molecule has 0 unspecified atom stereocenters. The number of hydrogen-bond acceptors (Lipinski definition) is 4. The summed E-state index contributed by atoms with van der Waals surface area (Å²) in [5, 5.41) is 12.7. The zero-order valence-corrected chi connectivity index (χ0v) is 16.5. The van der Waals surface area contributed by atoms with Gasteiger partial charge in [0.25, 0.3) is 5.91 Å². The maximum Gasteiger partial charge on any atom is 0.346 e. The largest absolute Gasteiger partial charge is 0.346 e. The molecule has 1 aromatic heterocycles. The lowest BCUT2D eigenvalue weighted by Crippen LogP contribution is -2.49. The number of urea groups is 1. The molecule has 3 amide bonds. The van der Waals surface area contributed by atoms with Gasteiger partial charge in [-0.05, 0) is 57.6 Å². The van der Waals surface area contributed by atoms with E-state index < -0.39 is 11.6 Å². The van der Waals surface area contributed by atoms with Crippen LogP contribution in [0.1, 0.15) is 49.6 Å². The van der Waals surface area contributed by atoms with Crippen molar-refractivity contribution < 1.29 is 9.59 Å². The van der Waals surface area contributed by atoms with Crippen LogP contribution in [0.25, 0.3) is 5.69 Å². The van der Waals surface area contributed by atoms with E-state index in [-0.39, 0.29) is 5.91 Å². The lowest BCUT2D eigenvalue weighted by molar-refractivity contribution is -0.132. The van der Waals surface area contributed by atoms with Gasteiger partial charge in [-0.3, -0.25) is 4.79 Å². The first-order valence-corrected chi connectivity index (χ1v) is 9.73. The fraction of sp³-hybridized carbons (Fsp3) is 0.429. The average Bonchev–Trinajstić information content (AvgIpc) is 3.10. The molecule has 2 fully saturated rings. The van der Waals surface area contributed by atoms with E-state index in [9.17, 15) is 9.59 Å². The second-order valence-corrected chi connectivity index (χ2v) is 7.89. The van der Waals surface area contributed by atoms with Gasteiger partial charge in [0.1, 0.15) is 5.54 Å². The number of carbonyl (C=O) groups is 2. The molecule has 4 rings (SSSR count). The van der Waals surface area contributed by atoms with Crippen molar-refractivity contribution in [3.8, 4) is 5.69 Å². The molecule has 1 saturated carbocycles. The number of imide groups is 1. The Morgan fingerprint density at radius 3 is 2.54 bits per heavy atom. The number of nitrogens with zero attached hydrogens (tertiary/aromatic N) is 4.